The molecule has 0 atom stereocenters. The fourth-order valence-electron chi connectivity index (χ4n) is 3.34. The Morgan fingerprint density at radius 2 is 1.79 bits per heavy atom. The van der Waals surface area contributed by atoms with E-state index in [1.54, 1.807) is 18.2 Å². The zero-order valence-corrected chi connectivity index (χ0v) is 13.0. The third-order valence-corrected chi connectivity index (χ3v) is 4.60. The Balaban J connectivity index is 1.89. The van der Waals surface area contributed by atoms with Crippen LogP contribution in [-0.4, -0.2) is 10.8 Å². The van der Waals surface area contributed by atoms with Gasteiger partial charge in [-0.3, -0.25) is 14.9 Å². The molecule has 1 saturated carbocycles. The summed E-state index contributed by atoms with van der Waals surface area (Å²) in [5, 5.41) is 13.7. The van der Waals surface area contributed by atoms with Crippen LogP contribution < -0.4 is 5.32 Å². The van der Waals surface area contributed by atoms with Crippen molar-refractivity contribution in [3.8, 4) is 0 Å². The van der Waals surface area contributed by atoms with E-state index in [-0.39, 0.29) is 17.4 Å². The molecule has 1 aliphatic carbocycles. The van der Waals surface area contributed by atoms with E-state index in [1.807, 2.05) is 0 Å². The molecule has 24 heavy (non-hydrogen) atoms. The first-order valence-electron chi connectivity index (χ1n) is 7.83. The van der Waals surface area contributed by atoms with Gasteiger partial charge in [0.1, 0.15) is 5.82 Å². The molecule has 0 aliphatic heterocycles. The third kappa shape index (κ3) is 2.99. The van der Waals surface area contributed by atoms with Crippen molar-refractivity contribution in [1.29, 1.82) is 0 Å². The lowest BCUT2D eigenvalue weighted by Gasteiger charge is -2.28. The van der Waals surface area contributed by atoms with Gasteiger partial charge in [-0.15, -0.1) is 0 Å². The van der Waals surface area contributed by atoms with Gasteiger partial charge in [0.05, 0.1) is 10.3 Å². The summed E-state index contributed by atoms with van der Waals surface area (Å²) >= 11 is 0. The molecule has 1 amide bonds. The Bertz CT molecular complexity index is 768. The molecule has 124 valence electrons. The van der Waals surface area contributed by atoms with Crippen LogP contribution in [0.5, 0.6) is 0 Å². The Hall–Kier alpha value is -2.76. The van der Waals surface area contributed by atoms with Gasteiger partial charge in [0.15, 0.2) is 0 Å². The first-order chi connectivity index (χ1) is 11.5. The maximum absolute atomic E-state index is 13.2. The summed E-state index contributed by atoms with van der Waals surface area (Å²) < 4.78 is 13.2. The number of amides is 1. The number of halogens is 1. The van der Waals surface area contributed by atoms with Gasteiger partial charge in [-0.2, -0.15) is 0 Å². The maximum Gasteiger partial charge on any atom is 0.271 e. The van der Waals surface area contributed by atoms with Crippen molar-refractivity contribution < 1.29 is 14.1 Å². The number of carbonyl (C=O) groups excluding carboxylic acids is 1. The number of anilines is 1. The number of nitro benzene ring substituents is 1. The Morgan fingerprint density at radius 3 is 2.42 bits per heavy atom. The van der Waals surface area contributed by atoms with Crippen LogP contribution in [0.15, 0.2) is 48.5 Å². The van der Waals surface area contributed by atoms with Gasteiger partial charge >= 0.3 is 0 Å². The smallest absolute Gasteiger partial charge is 0.271 e. The van der Waals surface area contributed by atoms with E-state index in [4.69, 9.17) is 0 Å². The molecular formula is C18H17FN2O3. The molecule has 0 radical (unpaired) electrons. The molecule has 1 fully saturated rings. The lowest BCUT2D eigenvalue weighted by Crippen LogP contribution is -2.38. The van der Waals surface area contributed by atoms with Crippen LogP contribution in [0, 0.1) is 15.9 Å². The zero-order chi connectivity index (χ0) is 17.2. The number of hydrogen-bond donors (Lipinski definition) is 1. The van der Waals surface area contributed by atoms with E-state index >= 15 is 0 Å². The van der Waals surface area contributed by atoms with Crippen molar-refractivity contribution in [3.05, 3.63) is 70.0 Å². The first kappa shape index (κ1) is 16.1. The number of nitrogens with zero attached hydrogens (tertiary/aromatic N) is 1. The van der Waals surface area contributed by atoms with Gasteiger partial charge in [0.2, 0.25) is 5.91 Å². The van der Waals surface area contributed by atoms with Gasteiger partial charge in [-0.1, -0.05) is 31.0 Å². The molecule has 0 unspecified atom stereocenters. The Morgan fingerprint density at radius 1 is 1.12 bits per heavy atom. The van der Waals surface area contributed by atoms with E-state index < -0.39 is 10.3 Å². The van der Waals surface area contributed by atoms with Gasteiger partial charge in [-0.25, -0.2) is 4.39 Å². The highest BCUT2D eigenvalue weighted by molar-refractivity contribution is 5.99. The van der Waals surface area contributed by atoms with Crippen molar-refractivity contribution in [2.45, 2.75) is 31.1 Å². The summed E-state index contributed by atoms with van der Waals surface area (Å²) in [6, 6.07) is 11.9. The SMILES string of the molecule is O=C(Nc1cccc([N+](=O)[O-])c1)C1(c2ccc(F)cc2)CCCC1. The van der Waals surface area contributed by atoms with Crippen LogP contribution >= 0.6 is 0 Å². The normalized spacial score (nSPS) is 15.9. The number of benzene rings is 2. The second-order valence-electron chi connectivity index (χ2n) is 6.06. The fraction of sp³-hybridized carbons (Fsp3) is 0.278. The van der Waals surface area contributed by atoms with E-state index in [9.17, 15) is 19.3 Å². The minimum atomic E-state index is -0.710. The lowest BCUT2D eigenvalue weighted by molar-refractivity contribution is -0.384. The van der Waals surface area contributed by atoms with Crippen LogP contribution in [0.4, 0.5) is 15.8 Å². The minimum Gasteiger partial charge on any atom is -0.325 e. The molecule has 1 N–H and O–H groups in total. The Kier molecular flexibility index (Phi) is 4.29. The quantitative estimate of drug-likeness (QED) is 0.676. The molecular weight excluding hydrogens is 311 g/mol. The molecule has 0 spiro atoms. The Labute approximate surface area is 138 Å². The van der Waals surface area contributed by atoms with Crippen LogP contribution in [0.1, 0.15) is 31.2 Å². The van der Waals surface area contributed by atoms with Crippen LogP contribution in [0.2, 0.25) is 0 Å². The number of hydrogen-bond acceptors (Lipinski definition) is 3. The van der Waals surface area contributed by atoms with E-state index in [1.165, 1.54) is 30.3 Å². The van der Waals surface area contributed by atoms with Crippen LogP contribution in [0.25, 0.3) is 0 Å². The lowest BCUT2D eigenvalue weighted by atomic mass is 9.78. The molecule has 5 nitrogen and oxygen atoms in total. The van der Waals surface area contributed by atoms with Crippen molar-refractivity contribution in [2.24, 2.45) is 0 Å². The van der Waals surface area contributed by atoms with Crippen molar-refractivity contribution in [2.75, 3.05) is 5.32 Å². The van der Waals surface area contributed by atoms with Crippen molar-refractivity contribution >= 4 is 17.3 Å². The molecule has 2 aromatic carbocycles. The molecule has 0 heterocycles. The highest BCUT2D eigenvalue weighted by Crippen LogP contribution is 2.42. The molecule has 0 saturated heterocycles. The van der Waals surface area contributed by atoms with Gasteiger partial charge in [-0.05, 0) is 36.6 Å². The molecule has 3 rings (SSSR count). The summed E-state index contributed by atoms with van der Waals surface area (Å²) in [6.45, 7) is 0. The predicted molar refractivity (Wildman–Crippen MR) is 88.3 cm³/mol. The molecule has 2 aromatic rings. The summed E-state index contributed by atoms with van der Waals surface area (Å²) in [7, 11) is 0. The molecule has 6 heteroatoms. The summed E-state index contributed by atoms with van der Waals surface area (Å²) in [4.78, 5) is 23.3. The third-order valence-electron chi connectivity index (χ3n) is 4.60. The second kappa shape index (κ2) is 6.39. The van der Waals surface area contributed by atoms with E-state index in [0.29, 0.717) is 18.5 Å². The maximum atomic E-state index is 13.2. The largest absolute Gasteiger partial charge is 0.325 e. The average Bonchev–Trinajstić information content (AvgIpc) is 3.07. The van der Waals surface area contributed by atoms with Gasteiger partial charge in [0.25, 0.3) is 5.69 Å². The first-order valence-corrected chi connectivity index (χ1v) is 7.83. The average molecular weight is 328 g/mol. The predicted octanol–water partition coefficient (Wildman–Crippen LogP) is 4.18. The number of nitrogens with one attached hydrogen (secondary N) is 1. The zero-order valence-electron chi connectivity index (χ0n) is 13.0. The highest BCUT2D eigenvalue weighted by Gasteiger charge is 2.42. The monoisotopic (exact) mass is 328 g/mol. The topological polar surface area (TPSA) is 72.2 Å². The van der Waals surface area contributed by atoms with E-state index in [2.05, 4.69) is 5.32 Å². The van der Waals surface area contributed by atoms with Crippen molar-refractivity contribution in [1.82, 2.24) is 0 Å². The van der Waals surface area contributed by atoms with Crippen molar-refractivity contribution in [3.63, 3.8) is 0 Å². The standard InChI is InChI=1S/C18H17FN2O3/c19-14-8-6-13(7-9-14)18(10-1-2-11-18)17(22)20-15-4-3-5-16(12-15)21(23)24/h3-9,12H,1-2,10-11H2,(H,20,22). The number of rotatable bonds is 4. The molecule has 1 aliphatic rings. The number of carbonyl (C=O) groups is 1. The summed E-state index contributed by atoms with van der Waals surface area (Å²) in [6.07, 6.45) is 3.19. The fourth-order valence-corrected chi connectivity index (χ4v) is 3.34. The van der Waals surface area contributed by atoms with Crippen LogP contribution in [-0.2, 0) is 10.2 Å². The van der Waals surface area contributed by atoms with Gasteiger partial charge in [0, 0.05) is 17.8 Å². The number of non-ortho nitro benzene ring substituents is 1. The minimum absolute atomic E-state index is 0.0740. The van der Waals surface area contributed by atoms with Crippen LogP contribution in [0.3, 0.4) is 0 Å². The van der Waals surface area contributed by atoms with Gasteiger partial charge < -0.3 is 5.32 Å². The summed E-state index contributed by atoms with van der Waals surface area (Å²) in [5.41, 5.74) is 0.389. The second-order valence-corrected chi connectivity index (χ2v) is 6.06. The molecule has 0 aromatic heterocycles. The van der Waals surface area contributed by atoms with E-state index in [0.717, 1.165) is 18.4 Å². The highest BCUT2D eigenvalue weighted by atomic mass is 19.1. The molecule has 0 bridgehead atoms. The number of nitro groups is 1. The summed E-state index contributed by atoms with van der Waals surface area (Å²) in [5.74, 6) is -0.543.